The smallest absolute Gasteiger partial charge is 0.243 e. The molecular weight excluding hydrogens is 488 g/mol. The summed E-state index contributed by atoms with van der Waals surface area (Å²) < 4.78 is 27.9. The molecule has 0 spiro atoms. The number of nitrogens with zero attached hydrogens (tertiary/aromatic N) is 2. The summed E-state index contributed by atoms with van der Waals surface area (Å²) in [6.45, 7) is 2.19. The number of pyridine rings is 1. The lowest BCUT2D eigenvalue weighted by Crippen LogP contribution is -2.58. The Morgan fingerprint density at radius 2 is 1.95 bits per heavy atom. The highest BCUT2D eigenvalue weighted by Gasteiger charge is 2.40. The van der Waals surface area contributed by atoms with E-state index in [1.54, 1.807) is 18.3 Å². The molecule has 3 aromatic rings. The summed E-state index contributed by atoms with van der Waals surface area (Å²) in [7, 11) is -3.93. The van der Waals surface area contributed by atoms with Crippen LogP contribution >= 0.6 is 0 Å². The number of carbonyl (C=O) groups is 2. The van der Waals surface area contributed by atoms with Crippen molar-refractivity contribution in [1.82, 2.24) is 19.9 Å². The van der Waals surface area contributed by atoms with Crippen molar-refractivity contribution in [3.8, 4) is 11.3 Å². The molecule has 2 heterocycles. The standard InChI is InChI=1S/C28H30N4O4S/c1-19-8-11-22(12-9-19)37(35,36)32-16-15-30-28(34)26(32)18-27(33)31-25-7-4-5-20-17-21(10-13-23(20)25)24-6-2-3-14-29-24/h2-3,6,8-14,17,25-26H,4-5,7,15-16,18H2,1H3,(H,30,34)(H,31,33). The van der Waals surface area contributed by atoms with Gasteiger partial charge < -0.3 is 10.6 Å². The van der Waals surface area contributed by atoms with Gasteiger partial charge in [-0.15, -0.1) is 0 Å². The van der Waals surface area contributed by atoms with Crippen molar-refractivity contribution in [2.45, 2.75) is 49.6 Å². The fourth-order valence-electron chi connectivity index (χ4n) is 5.11. The number of aromatic nitrogens is 1. The number of amides is 2. The number of hydrogen-bond donors (Lipinski definition) is 2. The van der Waals surface area contributed by atoms with E-state index in [0.717, 1.165) is 46.0 Å². The number of benzene rings is 2. The van der Waals surface area contributed by atoms with E-state index < -0.39 is 22.0 Å². The van der Waals surface area contributed by atoms with Crippen LogP contribution in [0, 0.1) is 6.92 Å². The van der Waals surface area contributed by atoms with Gasteiger partial charge in [0.25, 0.3) is 0 Å². The minimum Gasteiger partial charge on any atom is -0.353 e. The van der Waals surface area contributed by atoms with E-state index in [2.05, 4.69) is 21.7 Å². The molecule has 1 fully saturated rings. The van der Waals surface area contributed by atoms with Gasteiger partial charge in [0.1, 0.15) is 6.04 Å². The molecule has 0 bridgehead atoms. The van der Waals surface area contributed by atoms with E-state index in [4.69, 9.17) is 0 Å². The topological polar surface area (TPSA) is 108 Å². The second-order valence-corrected chi connectivity index (χ2v) is 11.5. The van der Waals surface area contributed by atoms with Crippen LogP contribution < -0.4 is 10.6 Å². The summed E-state index contributed by atoms with van der Waals surface area (Å²) in [5.41, 5.74) is 5.08. The molecule has 1 saturated heterocycles. The number of nitrogens with one attached hydrogen (secondary N) is 2. The van der Waals surface area contributed by atoms with E-state index in [1.807, 2.05) is 37.3 Å². The predicted octanol–water partition coefficient (Wildman–Crippen LogP) is 3.13. The number of rotatable bonds is 6. The number of fused-ring (bicyclic) bond motifs is 1. The molecule has 1 aliphatic heterocycles. The summed E-state index contributed by atoms with van der Waals surface area (Å²) in [6.07, 6.45) is 4.14. The van der Waals surface area contributed by atoms with Gasteiger partial charge in [0.2, 0.25) is 21.8 Å². The zero-order valence-corrected chi connectivity index (χ0v) is 21.5. The molecule has 9 heteroatoms. The fourth-order valence-corrected chi connectivity index (χ4v) is 6.70. The molecule has 0 saturated carbocycles. The maximum Gasteiger partial charge on any atom is 0.243 e. The summed E-state index contributed by atoms with van der Waals surface area (Å²) in [5, 5.41) is 5.78. The van der Waals surface area contributed by atoms with Crippen LogP contribution in [0.25, 0.3) is 11.3 Å². The van der Waals surface area contributed by atoms with Crippen molar-refractivity contribution in [2.24, 2.45) is 0 Å². The quantitative estimate of drug-likeness (QED) is 0.521. The third-order valence-corrected chi connectivity index (χ3v) is 8.96. The van der Waals surface area contributed by atoms with E-state index in [-0.39, 0.29) is 36.4 Å². The third-order valence-electron chi connectivity index (χ3n) is 7.04. The van der Waals surface area contributed by atoms with Crippen molar-refractivity contribution in [3.63, 3.8) is 0 Å². The Labute approximate surface area is 217 Å². The Kier molecular flexibility index (Phi) is 7.08. The van der Waals surface area contributed by atoms with Gasteiger partial charge >= 0.3 is 0 Å². The minimum atomic E-state index is -3.93. The lowest BCUT2D eigenvalue weighted by molar-refractivity contribution is -0.132. The molecule has 8 nitrogen and oxygen atoms in total. The van der Waals surface area contributed by atoms with E-state index in [1.165, 1.54) is 17.7 Å². The van der Waals surface area contributed by atoms with Crippen LogP contribution in [0.15, 0.2) is 71.8 Å². The molecule has 0 radical (unpaired) electrons. The molecule has 2 N–H and O–H groups in total. The van der Waals surface area contributed by atoms with E-state index >= 15 is 0 Å². The zero-order valence-electron chi connectivity index (χ0n) is 20.7. The highest BCUT2D eigenvalue weighted by Crippen LogP contribution is 2.33. The summed E-state index contributed by atoms with van der Waals surface area (Å²) in [5.74, 6) is -0.807. The molecule has 2 unspecified atom stereocenters. The Balaban J connectivity index is 1.33. The van der Waals surface area contributed by atoms with Crippen LogP contribution in [0.5, 0.6) is 0 Å². The van der Waals surface area contributed by atoms with Gasteiger partial charge in [-0.25, -0.2) is 8.42 Å². The fraction of sp³-hybridized carbons (Fsp3) is 0.321. The number of hydrogen-bond acceptors (Lipinski definition) is 5. The molecule has 2 atom stereocenters. The van der Waals surface area contributed by atoms with Gasteiger partial charge in [0, 0.05) is 24.8 Å². The predicted molar refractivity (Wildman–Crippen MR) is 140 cm³/mol. The maximum atomic E-state index is 13.3. The Bertz CT molecular complexity index is 1410. The molecule has 1 aromatic heterocycles. The van der Waals surface area contributed by atoms with E-state index in [9.17, 15) is 18.0 Å². The van der Waals surface area contributed by atoms with Crippen LogP contribution in [0.4, 0.5) is 0 Å². The lowest BCUT2D eigenvalue weighted by Gasteiger charge is -2.34. The maximum absolute atomic E-state index is 13.3. The van der Waals surface area contributed by atoms with E-state index in [0.29, 0.717) is 0 Å². The third kappa shape index (κ3) is 5.28. The van der Waals surface area contributed by atoms with Crippen molar-refractivity contribution in [2.75, 3.05) is 13.1 Å². The summed E-state index contributed by atoms with van der Waals surface area (Å²) >= 11 is 0. The Morgan fingerprint density at radius 1 is 1.14 bits per heavy atom. The molecule has 37 heavy (non-hydrogen) atoms. The van der Waals surface area contributed by atoms with Gasteiger partial charge in [-0.1, -0.05) is 35.9 Å². The Hall–Kier alpha value is -3.56. The second kappa shape index (κ2) is 10.4. The van der Waals surface area contributed by atoms with Gasteiger partial charge in [-0.05, 0) is 67.6 Å². The molecule has 2 amide bonds. The van der Waals surface area contributed by atoms with Gasteiger partial charge in [0.15, 0.2) is 0 Å². The summed E-state index contributed by atoms with van der Waals surface area (Å²) in [4.78, 5) is 30.4. The number of carbonyl (C=O) groups excluding carboxylic acids is 2. The molecule has 192 valence electrons. The Morgan fingerprint density at radius 3 is 2.70 bits per heavy atom. The summed E-state index contributed by atoms with van der Waals surface area (Å²) in [6, 6.07) is 17.2. The second-order valence-electron chi connectivity index (χ2n) is 9.58. The highest BCUT2D eigenvalue weighted by atomic mass is 32.2. The van der Waals surface area contributed by atoms with Crippen LogP contribution in [0.1, 0.15) is 42.0 Å². The largest absolute Gasteiger partial charge is 0.353 e. The van der Waals surface area contributed by atoms with Gasteiger partial charge in [0.05, 0.1) is 23.1 Å². The van der Waals surface area contributed by atoms with Crippen LogP contribution in [0.2, 0.25) is 0 Å². The molecule has 1 aliphatic carbocycles. The lowest BCUT2D eigenvalue weighted by atomic mass is 9.86. The first-order valence-electron chi connectivity index (χ1n) is 12.5. The number of sulfonamides is 1. The number of aryl methyl sites for hydroxylation is 2. The van der Waals surface area contributed by atoms with Crippen LogP contribution in [-0.4, -0.2) is 48.7 Å². The normalized spacial score (nSPS) is 20.1. The van der Waals surface area contributed by atoms with Crippen LogP contribution in [-0.2, 0) is 26.0 Å². The average molecular weight is 519 g/mol. The van der Waals surface area contributed by atoms with Gasteiger partial charge in [-0.3, -0.25) is 14.6 Å². The minimum absolute atomic E-state index is 0.114. The first kappa shape index (κ1) is 25.1. The first-order chi connectivity index (χ1) is 17.8. The first-order valence-corrected chi connectivity index (χ1v) is 14.0. The average Bonchev–Trinajstić information content (AvgIpc) is 2.90. The van der Waals surface area contributed by atoms with Crippen molar-refractivity contribution >= 4 is 21.8 Å². The molecule has 2 aliphatic rings. The van der Waals surface area contributed by atoms with Crippen molar-refractivity contribution in [1.29, 1.82) is 0 Å². The molecular formula is C28H30N4O4S. The highest BCUT2D eigenvalue weighted by molar-refractivity contribution is 7.89. The zero-order chi connectivity index (χ0) is 26.0. The SMILES string of the molecule is Cc1ccc(S(=O)(=O)N2CCNC(=O)C2CC(=O)NC2CCCc3cc(-c4ccccn4)ccc32)cc1. The van der Waals surface area contributed by atoms with Crippen molar-refractivity contribution in [3.05, 3.63) is 83.6 Å². The molecule has 2 aromatic carbocycles. The number of piperazine rings is 1. The molecule has 5 rings (SSSR count). The monoisotopic (exact) mass is 518 g/mol. The van der Waals surface area contributed by atoms with Gasteiger partial charge in [-0.2, -0.15) is 4.31 Å². The van der Waals surface area contributed by atoms with Crippen LogP contribution in [0.3, 0.4) is 0 Å². The van der Waals surface area contributed by atoms with Crippen molar-refractivity contribution < 1.29 is 18.0 Å².